The maximum atomic E-state index is 12.0. The van der Waals surface area contributed by atoms with Crippen LogP contribution in [0.1, 0.15) is 19.8 Å². The van der Waals surface area contributed by atoms with Crippen molar-refractivity contribution in [2.45, 2.75) is 25.8 Å². The Morgan fingerprint density at radius 2 is 2.31 bits per heavy atom. The topological polar surface area (TPSA) is 83.6 Å². The van der Waals surface area contributed by atoms with Crippen molar-refractivity contribution in [3.8, 4) is 0 Å². The monoisotopic (exact) mass is 246 g/mol. The molecule has 0 aliphatic carbocycles. The molecule has 1 heterocycles. The Bertz CT molecular complexity index is 273. The van der Waals surface area contributed by atoms with E-state index in [1.165, 1.54) is 16.7 Å². The van der Waals surface area contributed by atoms with Crippen molar-refractivity contribution < 1.29 is 14.7 Å². The number of rotatable bonds is 5. The molecule has 0 saturated carbocycles. The number of carbonyl (C=O) groups excluding carboxylic acids is 1. The highest BCUT2D eigenvalue weighted by Crippen LogP contribution is 2.24. The second-order valence-electron chi connectivity index (χ2n) is 3.99. The van der Waals surface area contributed by atoms with Crippen LogP contribution >= 0.6 is 11.8 Å². The number of nitrogens with two attached hydrogens (primary N) is 1. The summed E-state index contributed by atoms with van der Waals surface area (Å²) in [5.74, 6) is -0.132. The van der Waals surface area contributed by atoms with Crippen molar-refractivity contribution in [2.24, 2.45) is 11.7 Å². The fraction of sp³-hybridized carbons (Fsp3) is 0.800. The number of hydrogen-bond acceptors (Lipinski definition) is 4. The van der Waals surface area contributed by atoms with Crippen LogP contribution in [0.15, 0.2) is 0 Å². The van der Waals surface area contributed by atoms with Gasteiger partial charge in [-0.05, 0) is 19.4 Å². The molecule has 6 heteroatoms. The normalized spacial score (nSPS) is 22.1. The van der Waals surface area contributed by atoms with Crippen LogP contribution in [0.2, 0.25) is 0 Å². The van der Waals surface area contributed by atoms with Gasteiger partial charge in [-0.1, -0.05) is 6.92 Å². The summed E-state index contributed by atoms with van der Waals surface area (Å²) in [6.45, 7) is 2.40. The molecule has 0 aromatic heterocycles. The lowest BCUT2D eigenvalue weighted by molar-refractivity contribution is -0.149. The summed E-state index contributed by atoms with van der Waals surface area (Å²) in [5.41, 5.74) is 5.38. The maximum absolute atomic E-state index is 12.0. The van der Waals surface area contributed by atoms with E-state index in [9.17, 15) is 9.59 Å². The van der Waals surface area contributed by atoms with Gasteiger partial charge < -0.3 is 15.7 Å². The Balaban J connectivity index is 2.55. The smallest absolute Gasteiger partial charge is 0.327 e. The van der Waals surface area contributed by atoms with Gasteiger partial charge in [0.05, 0.1) is 5.88 Å². The number of nitrogens with zero attached hydrogens (tertiary/aromatic N) is 1. The molecule has 1 rings (SSSR count). The first-order valence-corrected chi connectivity index (χ1v) is 6.54. The van der Waals surface area contributed by atoms with Crippen LogP contribution in [0.3, 0.4) is 0 Å². The van der Waals surface area contributed by atoms with Crippen LogP contribution in [0.25, 0.3) is 0 Å². The highest BCUT2D eigenvalue weighted by Gasteiger charge is 2.35. The molecule has 1 aliphatic heterocycles. The van der Waals surface area contributed by atoms with Crippen LogP contribution in [-0.4, -0.2) is 46.1 Å². The molecule has 0 bridgehead atoms. The minimum atomic E-state index is -0.913. The Morgan fingerprint density at radius 1 is 1.62 bits per heavy atom. The first-order valence-electron chi connectivity index (χ1n) is 5.39. The number of carboxylic acids is 1. The van der Waals surface area contributed by atoms with Gasteiger partial charge in [-0.2, -0.15) is 0 Å². The first kappa shape index (κ1) is 13.3. The van der Waals surface area contributed by atoms with Gasteiger partial charge in [0.1, 0.15) is 6.04 Å². The molecule has 1 amide bonds. The molecule has 2 unspecified atom stereocenters. The number of hydrogen-bond donors (Lipinski definition) is 2. The van der Waals surface area contributed by atoms with Crippen LogP contribution in [-0.2, 0) is 9.59 Å². The Kier molecular flexibility index (Phi) is 5.08. The highest BCUT2D eigenvalue weighted by atomic mass is 32.2. The van der Waals surface area contributed by atoms with E-state index in [1.807, 2.05) is 6.92 Å². The summed E-state index contributed by atoms with van der Waals surface area (Å²) in [6.07, 6.45) is 1.52. The first-order chi connectivity index (χ1) is 7.57. The summed E-state index contributed by atoms with van der Waals surface area (Å²) in [5, 5.41) is 8.96. The lowest BCUT2D eigenvalue weighted by atomic mass is 10.0. The molecule has 16 heavy (non-hydrogen) atoms. The average Bonchev–Trinajstić information content (AvgIpc) is 2.73. The molecule has 5 nitrogen and oxygen atoms in total. The van der Waals surface area contributed by atoms with Gasteiger partial charge in [-0.25, -0.2) is 4.79 Å². The molecule has 0 aromatic rings. The third-order valence-electron chi connectivity index (χ3n) is 2.71. The zero-order valence-electron chi connectivity index (χ0n) is 9.39. The minimum Gasteiger partial charge on any atom is -0.480 e. The van der Waals surface area contributed by atoms with Crippen molar-refractivity contribution in [3.05, 3.63) is 0 Å². The largest absolute Gasteiger partial charge is 0.480 e. The highest BCUT2D eigenvalue weighted by molar-refractivity contribution is 7.99. The maximum Gasteiger partial charge on any atom is 0.327 e. The van der Waals surface area contributed by atoms with Crippen LogP contribution in [0.4, 0.5) is 0 Å². The van der Waals surface area contributed by atoms with E-state index in [-0.39, 0.29) is 11.8 Å². The Labute approximate surface area is 99.4 Å². The van der Waals surface area contributed by atoms with Crippen molar-refractivity contribution in [1.82, 2.24) is 4.90 Å². The van der Waals surface area contributed by atoms with E-state index < -0.39 is 12.0 Å². The van der Waals surface area contributed by atoms with Gasteiger partial charge in [0.15, 0.2) is 0 Å². The van der Waals surface area contributed by atoms with E-state index in [4.69, 9.17) is 10.8 Å². The predicted molar refractivity (Wildman–Crippen MR) is 63.0 cm³/mol. The van der Waals surface area contributed by atoms with Gasteiger partial charge in [0, 0.05) is 11.7 Å². The third kappa shape index (κ3) is 3.12. The van der Waals surface area contributed by atoms with E-state index in [2.05, 4.69) is 0 Å². The Morgan fingerprint density at radius 3 is 2.88 bits per heavy atom. The van der Waals surface area contributed by atoms with Crippen molar-refractivity contribution in [1.29, 1.82) is 0 Å². The summed E-state index contributed by atoms with van der Waals surface area (Å²) < 4.78 is 0. The summed E-state index contributed by atoms with van der Waals surface area (Å²) >= 11 is 1.49. The number of thioether (sulfide) groups is 1. The van der Waals surface area contributed by atoms with Crippen molar-refractivity contribution >= 4 is 23.6 Å². The molecule has 1 aliphatic rings. The summed E-state index contributed by atoms with van der Waals surface area (Å²) in [4.78, 5) is 24.4. The van der Waals surface area contributed by atoms with E-state index in [0.29, 0.717) is 18.2 Å². The molecular formula is C10H18N2O3S. The van der Waals surface area contributed by atoms with Gasteiger partial charge in [-0.3, -0.25) is 4.79 Å². The fourth-order valence-corrected chi connectivity index (χ4v) is 2.85. The second-order valence-corrected chi connectivity index (χ2v) is 4.99. The quantitative estimate of drug-likeness (QED) is 0.731. The van der Waals surface area contributed by atoms with E-state index in [0.717, 1.165) is 12.8 Å². The third-order valence-corrected chi connectivity index (χ3v) is 3.73. The van der Waals surface area contributed by atoms with Gasteiger partial charge >= 0.3 is 5.97 Å². The van der Waals surface area contributed by atoms with E-state index >= 15 is 0 Å². The lowest BCUT2D eigenvalue weighted by Crippen LogP contribution is -2.44. The molecule has 0 spiro atoms. The molecule has 1 saturated heterocycles. The van der Waals surface area contributed by atoms with Gasteiger partial charge in [0.25, 0.3) is 0 Å². The fourth-order valence-electron chi connectivity index (χ4n) is 1.70. The average molecular weight is 246 g/mol. The SMILES string of the molecule is CC(CCCN)C(=O)N1CSCC1C(=O)O. The van der Waals surface area contributed by atoms with Crippen molar-refractivity contribution in [2.75, 3.05) is 18.2 Å². The number of amides is 1. The second kappa shape index (κ2) is 6.10. The van der Waals surface area contributed by atoms with E-state index in [1.54, 1.807) is 0 Å². The molecule has 92 valence electrons. The zero-order chi connectivity index (χ0) is 12.1. The van der Waals surface area contributed by atoms with Gasteiger partial charge in [0.2, 0.25) is 5.91 Å². The summed E-state index contributed by atoms with van der Waals surface area (Å²) in [6, 6.07) is -0.655. The number of carboxylic acid groups (broad SMARTS) is 1. The Hall–Kier alpha value is -0.750. The number of carbonyl (C=O) groups is 2. The predicted octanol–water partition coefficient (Wildman–Crippen LogP) is 0.347. The van der Waals surface area contributed by atoms with Gasteiger partial charge in [-0.15, -0.1) is 11.8 Å². The number of aliphatic carboxylic acids is 1. The van der Waals surface area contributed by atoms with Crippen LogP contribution in [0, 0.1) is 5.92 Å². The minimum absolute atomic E-state index is 0.0640. The molecule has 1 fully saturated rings. The molecule has 0 aromatic carbocycles. The van der Waals surface area contributed by atoms with Crippen LogP contribution in [0.5, 0.6) is 0 Å². The zero-order valence-corrected chi connectivity index (χ0v) is 10.2. The lowest BCUT2D eigenvalue weighted by Gasteiger charge is -2.23. The van der Waals surface area contributed by atoms with Crippen molar-refractivity contribution in [3.63, 3.8) is 0 Å². The molecule has 3 N–H and O–H groups in total. The molecule has 2 atom stereocenters. The molecular weight excluding hydrogens is 228 g/mol. The molecule has 0 radical (unpaired) electrons. The standard InChI is InChI=1S/C10H18N2O3S/c1-7(3-2-4-11)9(13)12-6-16-5-8(12)10(14)15/h7-8H,2-6,11H2,1H3,(H,14,15). The summed E-state index contributed by atoms with van der Waals surface area (Å²) in [7, 11) is 0. The van der Waals surface area contributed by atoms with Crippen LogP contribution < -0.4 is 5.73 Å².